The van der Waals surface area contributed by atoms with Crippen LogP contribution in [0.15, 0.2) is 0 Å². The maximum Gasteiger partial charge on any atom is 0.309 e. The normalized spacial score (nSPS) is 25.3. The average molecular weight is 186 g/mol. The van der Waals surface area contributed by atoms with Crippen molar-refractivity contribution in [2.75, 3.05) is 6.61 Å². The Balaban J connectivity index is 2.15. The van der Waals surface area contributed by atoms with Crippen LogP contribution in [0.5, 0.6) is 0 Å². The van der Waals surface area contributed by atoms with Crippen molar-refractivity contribution >= 4 is 11.9 Å². The molecule has 13 heavy (non-hydrogen) atoms. The molecule has 0 saturated heterocycles. The van der Waals surface area contributed by atoms with Gasteiger partial charge in [-0.3, -0.25) is 9.59 Å². The van der Waals surface area contributed by atoms with Gasteiger partial charge in [0, 0.05) is 6.42 Å². The van der Waals surface area contributed by atoms with Crippen LogP contribution in [0.2, 0.25) is 0 Å². The molecule has 0 aromatic heterocycles. The first-order valence-corrected chi connectivity index (χ1v) is 4.53. The predicted octanol–water partition coefficient (Wildman–Crippen LogP) is 1.05. The molecular weight excluding hydrogens is 172 g/mol. The summed E-state index contributed by atoms with van der Waals surface area (Å²) in [6.45, 7) is 2.17. The van der Waals surface area contributed by atoms with Gasteiger partial charge in [0.05, 0.1) is 12.5 Å². The molecule has 1 fully saturated rings. The van der Waals surface area contributed by atoms with Crippen LogP contribution in [0.25, 0.3) is 0 Å². The summed E-state index contributed by atoms with van der Waals surface area (Å²) in [5.74, 6) is -0.748. The molecule has 0 aromatic rings. The van der Waals surface area contributed by atoms with Crippen molar-refractivity contribution in [1.29, 1.82) is 0 Å². The van der Waals surface area contributed by atoms with Gasteiger partial charge in [0.2, 0.25) is 0 Å². The van der Waals surface area contributed by atoms with Crippen molar-refractivity contribution in [2.24, 2.45) is 11.8 Å². The SMILES string of the molecule is CCOC(=O)[C@@H]1C[C@H]1CCC(=O)O. The highest BCUT2D eigenvalue weighted by Crippen LogP contribution is 2.42. The summed E-state index contributed by atoms with van der Waals surface area (Å²) in [5.41, 5.74) is 0. The fourth-order valence-electron chi connectivity index (χ4n) is 1.41. The first-order valence-electron chi connectivity index (χ1n) is 4.53. The number of carbonyl (C=O) groups is 2. The summed E-state index contributed by atoms with van der Waals surface area (Å²) < 4.78 is 4.82. The number of rotatable bonds is 5. The Kier molecular flexibility index (Phi) is 3.28. The minimum atomic E-state index is -0.797. The summed E-state index contributed by atoms with van der Waals surface area (Å²) in [6.07, 6.45) is 1.55. The van der Waals surface area contributed by atoms with Crippen molar-refractivity contribution in [3.05, 3.63) is 0 Å². The van der Waals surface area contributed by atoms with E-state index in [-0.39, 0.29) is 24.2 Å². The third kappa shape index (κ3) is 3.05. The van der Waals surface area contributed by atoms with Crippen LogP contribution in [0.3, 0.4) is 0 Å². The van der Waals surface area contributed by atoms with Gasteiger partial charge in [-0.05, 0) is 25.7 Å². The quantitative estimate of drug-likeness (QED) is 0.652. The number of hydrogen-bond donors (Lipinski definition) is 1. The maximum absolute atomic E-state index is 11.1. The summed E-state index contributed by atoms with van der Waals surface area (Å²) in [6, 6.07) is 0. The molecule has 4 nitrogen and oxygen atoms in total. The van der Waals surface area contributed by atoms with Gasteiger partial charge in [-0.1, -0.05) is 0 Å². The van der Waals surface area contributed by atoms with Crippen molar-refractivity contribution in [3.63, 3.8) is 0 Å². The molecule has 0 unspecified atom stereocenters. The fourth-order valence-corrected chi connectivity index (χ4v) is 1.41. The van der Waals surface area contributed by atoms with Gasteiger partial charge in [-0.15, -0.1) is 0 Å². The molecule has 0 amide bonds. The largest absolute Gasteiger partial charge is 0.481 e. The summed E-state index contributed by atoms with van der Waals surface area (Å²) >= 11 is 0. The second-order valence-electron chi connectivity index (χ2n) is 3.29. The van der Waals surface area contributed by atoms with E-state index in [4.69, 9.17) is 9.84 Å². The Bertz CT molecular complexity index is 212. The van der Waals surface area contributed by atoms with E-state index in [1.165, 1.54) is 0 Å². The minimum Gasteiger partial charge on any atom is -0.481 e. The van der Waals surface area contributed by atoms with Crippen LogP contribution in [0.4, 0.5) is 0 Å². The second-order valence-corrected chi connectivity index (χ2v) is 3.29. The van der Waals surface area contributed by atoms with E-state index in [0.717, 1.165) is 6.42 Å². The van der Waals surface area contributed by atoms with Crippen LogP contribution >= 0.6 is 0 Å². The van der Waals surface area contributed by atoms with E-state index in [0.29, 0.717) is 13.0 Å². The molecule has 4 heteroatoms. The average Bonchev–Trinajstić information content (AvgIpc) is 2.80. The first-order chi connectivity index (χ1) is 6.15. The lowest BCUT2D eigenvalue weighted by atomic mass is 10.2. The Hall–Kier alpha value is -1.06. The van der Waals surface area contributed by atoms with Gasteiger partial charge in [0.25, 0.3) is 0 Å². The molecule has 1 aliphatic carbocycles. The number of hydrogen-bond acceptors (Lipinski definition) is 3. The van der Waals surface area contributed by atoms with Gasteiger partial charge in [0.15, 0.2) is 0 Å². The first kappa shape index (κ1) is 10.0. The van der Waals surface area contributed by atoms with Gasteiger partial charge >= 0.3 is 11.9 Å². The molecule has 1 rings (SSSR count). The van der Waals surface area contributed by atoms with Crippen LogP contribution in [-0.2, 0) is 14.3 Å². The lowest BCUT2D eigenvalue weighted by Gasteiger charge is -1.99. The Morgan fingerprint density at radius 3 is 2.77 bits per heavy atom. The lowest BCUT2D eigenvalue weighted by molar-refractivity contribution is -0.145. The number of ether oxygens (including phenoxy) is 1. The van der Waals surface area contributed by atoms with Gasteiger partial charge < -0.3 is 9.84 Å². The second kappa shape index (κ2) is 4.25. The van der Waals surface area contributed by atoms with Crippen LogP contribution < -0.4 is 0 Å². The molecule has 0 radical (unpaired) electrons. The fraction of sp³-hybridized carbons (Fsp3) is 0.778. The Labute approximate surface area is 76.9 Å². The highest BCUT2D eigenvalue weighted by Gasteiger charge is 2.43. The molecule has 74 valence electrons. The summed E-state index contributed by atoms with van der Waals surface area (Å²) in [5, 5.41) is 8.40. The lowest BCUT2D eigenvalue weighted by Crippen LogP contribution is -2.08. The number of carboxylic acid groups (broad SMARTS) is 1. The van der Waals surface area contributed by atoms with Crippen LogP contribution in [-0.4, -0.2) is 23.7 Å². The molecule has 0 aliphatic heterocycles. The van der Waals surface area contributed by atoms with E-state index in [9.17, 15) is 9.59 Å². The zero-order chi connectivity index (χ0) is 9.84. The van der Waals surface area contributed by atoms with Crippen molar-refractivity contribution in [1.82, 2.24) is 0 Å². The molecule has 2 atom stereocenters. The van der Waals surface area contributed by atoms with Crippen molar-refractivity contribution < 1.29 is 19.4 Å². The Morgan fingerprint density at radius 2 is 2.23 bits per heavy atom. The number of carbonyl (C=O) groups excluding carboxylic acids is 1. The van der Waals surface area contributed by atoms with E-state index in [1.54, 1.807) is 6.92 Å². The molecule has 1 aliphatic rings. The van der Waals surface area contributed by atoms with Crippen LogP contribution in [0.1, 0.15) is 26.2 Å². The van der Waals surface area contributed by atoms with Crippen molar-refractivity contribution in [3.8, 4) is 0 Å². The smallest absolute Gasteiger partial charge is 0.309 e. The molecule has 0 bridgehead atoms. The van der Waals surface area contributed by atoms with Crippen molar-refractivity contribution in [2.45, 2.75) is 26.2 Å². The molecule has 0 aromatic carbocycles. The third-order valence-corrected chi connectivity index (χ3v) is 2.24. The van der Waals surface area contributed by atoms with E-state index >= 15 is 0 Å². The summed E-state index contributed by atoms with van der Waals surface area (Å²) in [4.78, 5) is 21.3. The minimum absolute atomic E-state index is 0.0284. The van der Waals surface area contributed by atoms with Crippen LogP contribution in [0, 0.1) is 11.8 Å². The van der Waals surface area contributed by atoms with E-state index < -0.39 is 5.97 Å². The third-order valence-electron chi connectivity index (χ3n) is 2.24. The topological polar surface area (TPSA) is 63.6 Å². The molecule has 0 spiro atoms. The zero-order valence-corrected chi connectivity index (χ0v) is 7.66. The highest BCUT2D eigenvalue weighted by molar-refractivity contribution is 5.76. The highest BCUT2D eigenvalue weighted by atomic mass is 16.5. The number of carboxylic acids is 1. The predicted molar refractivity (Wildman–Crippen MR) is 45.1 cm³/mol. The number of aliphatic carboxylic acids is 1. The molecule has 0 heterocycles. The standard InChI is InChI=1S/C9H14O4/c1-2-13-9(12)7-5-6(7)3-4-8(10)11/h6-7H,2-5H2,1H3,(H,10,11)/t6-,7-/m1/s1. The van der Waals surface area contributed by atoms with E-state index in [2.05, 4.69) is 0 Å². The van der Waals surface area contributed by atoms with E-state index in [1.807, 2.05) is 0 Å². The Morgan fingerprint density at radius 1 is 1.54 bits per heavy atom. The van der Waals surface area contributed by atoms with Gasteiger partial charge in [0.1, 0.15) is 0 Å². The molecule has 1 N–H and O–H groups in total. The maximum atomic E-state index is 11.1. The molecule has 1 saturated carbocycles. The monoisotopic (exact) mass is 186 g/mol. The number of esters is 1. The summed E-state index contributed by atoms with van der Waals surface area (Å²) in [7, 11) is 0. The molecular formula is C9H14O4. The van der Waals surface area contributed by atoms with Gasteiger partial charge in [-0.2, -0.15) is 0 Å². The van der Waals surface area contributed by atoms with Gasteiger partial charge in [-0.25, -0.2) is 0 Å². The zero-order valence-electron chi connectivity index (χ0n) is 7.66.